The molecule has 0 saturated heterocycles. The molecule has 0 radical (unpaired) electrons. The van der Waals surface area contributed by atoms with Crippen molar-refractivity contribution in [2.24, 2.45) is 11.8 Å². The number of carbonyl (C=O) groups is 1. The van der Waals surface area contributed by atoms with Crippen molar-refractivity contribution in [1.82, 2.24) is 20.4 Å². The van der Waals surface area contributed by atoms with Crippen molar-refractivity contribution in [3.63, 3.8) is 0 Å². The first kappa shape index (κ1) is 17.6. The molecule has 2 aromatic rings. The fourth-order valence-corrected chi connectivity index (χ4v) is 3.69. The molecule has 0 bridgehead atoms. The second-order valence-electron chi connectivity index (χ2n) is 8.69. The van der Waals surface area contributed by atoms with E-state index in [0.29, 0.717) is 47.6 Å². The summed E-state index contributed by atoms with van der Waals surface area (Å²) < 4.78 is 11.2. The Balaban J connectivity index is 1.38. The number of amides is 1. The summed E-state index contributed by atoms with van der Waals surface area (Å²) in [7, 11) is 0. The number of pyridine rings is 1. The Morgan fingerprint density at radius 2 is 2.00 bits per heavy atom. The van der Waals surface area contributed by atoms with E-state index >= 15 is 0 Å². The van der Waals surface area contributed by atoms with Gasteiger partial charge in [-0.05, 0) is 69.3 Å². The van der Waals surface area contributed by atoms with Gasteiger partial charge >= 0.3 is 0 Å². The van der Waals surface area contributed by atoms with Crippen LogP contribution in [0.25, 0.3) is 0 Å². The van der Waals surface area contributed by atoms with Gasteiger partial charge < -0.3 is 14.6 Å². The van der Waals surface area contributed by atoms with Crippen molar-refractivity contribution >= 4 is 5.91 Å². The molecule has 3 fully saturated rings. The number of hydrogen-bond acceptors (Lipinski definition) is 6. The molecular weight excluding hydrogens is 356 g/mol. The van der Waals surface area contributed by atoms with Crippen LogP contribution in [0.1, 0.15) is 79.1 Å². The molecule has 7 nitrogen and oxygen atoms in total. The standard InChI is InChI=1S/C21H26N4O3/c1-12-22-20(25-28-12)21(2,15-7-8-15)24-18(26)17-10-9-16(14-5-6-14)19(23-17)27-11-13-3-4-13/h9-10,13-15H,3-8,11H2,1-2H3,(H,24,26)/t21-/m0/s1. The lowest BCUT2D eigenvalue weighted by molar-refractivity contribution is 0.0878. The van der Waals surface area contributed by atoms with Gasteiger partial charge in [0.05, 0.1) is 6.61 Å². The molecule has 7 heteroatoms. The summed E-state index contributed by atoms with van der Waals surface area (Å²) in [6, 6.07) is 3.82. The molecule has 1 N–H and O–H groups in total. The lowest BCUT2D eigenvalue weighted by atomic mass is 9.94. The van der Waals surface area contributed by atoms with Crippen LogP contribution in [0.15, 0.2) is 16.7 Å². The Hall–Kier alpha value is -2.44. The number of nitrogens with one attached hydrogen (secondary N) is 1. The van der Waals surface area contributed by atoms with Crippen LogP contribution in [-0.4, -0.2) is 27.6 Å². The molecule has 3 saturated carbocycles. The summed E-state index contributed by atoms with van der Waals surface area (Å²) in [5.74, 6) is 2.91. The third kappa shape index (κ3) is 3.50. The minimum absolute atomic E-state index is 0.226. The predicted molar refractivity (Wildman–Crippen MR) is 101 cm³/mol. The number of carbonyl (C=O) groups excluding carboxylic acids is 1. The Kier molecular flexibility index (Phi) is 4.14. The third-order valence-corrected chi connectivity index (χ3v) is 6.05. The molecule has 0 aliphatic heterocycles. The highest BCUT2D eigenvalue weighted by molar-refractivity contribution is 5.93. The van der Waals surface area contributed by atoms with Crippen molar-refractivity contribution < 1.29 is 14.1 Å². The Labute approximate surface area is 164 Å². The maximum Gasteiger partial charge on any atom is 0.270 e. The lowest BCUT2D eigenvalue weighted by Crippen LogP contribution is -2.46. The number of ether oxygens (including phenoxy) is 1. The first-order valence-electron chi connectivity index (χ1n) is 10.3. The molecule has 0 aromatic carbocycles. The topological polar surface area (TPSA) is 90.1 Å². The summed E-state index contributed by atoms with van der Waals surface area (Å²) in [6.45, 7) is 4.42. The molecule has 2 aromatic heterocycles. The van der Waals surface area contributed by atoms with Crippen molar-refractivity contribution in [3.8, 4) is 5.88 Å². The van der Waals surface area contributed by atoms with Crippen LogP contribution < -0.4 is 10.1 Å². The Morgan fingerprint density at radius 1 is 1.21 bits per heavy atom. The van der Waals surface area contributed by atoms with Gasteiger partial charge in [-0.3, -0.25) is 4.79 Å². The molecule has 0 unspecified atom stereocenters. The maximum absolute atomic E-state index is 13.1. The van der Waals surface area contributed by atoms with Gasteiger partial charge in [-0.1, -0.05) is 11.2 Å². The van der Waals surface area contributed by atoms with E-state index in [2.05, 4.69) is 20.4 Å². The molecule has 148 valence electrons. The van der Waals surface area contributed by atoms with E-state index in [1.54, 1.807) is 6.92 Å². The highest BCUT2D eigenvalue weighted by atomic mass is 16.5. The molecule has 3 aliphatic rings. The highest BCUT2D eigenvalue weighted by Crippen LogP contribution is 2.46. The zero-order valence-electron chi connectivity index (χ0n) is 16.4. The van der Waals surface area contributed by atoms with Crippen LogP contribution >= 0.6 is 0 Å². The first-order valence-corrected chi connectivity index (χ1v) is 10.3. The van der Waals surface area contributed by atoms with Crippen molar-refractivity contribution in [2.75, 3.05) is 6.61 Å². The monoisotopic (exact) mass is 382 g/mol. The average Bonchev–Trinajstić information content (AvgIpc) is 3.55. The van der Waals surface area contributed by atoms with E-state index in [4.69, 9.17) is 9.26 Å². The summed E-state index contributed by atoms with van der Waals surface area (Å²) in [5, 5.41) is 7.20. The van der Waals surface area contributed by atoms with Gasteiger partial charge in [0.15, 0.2) is 5.82 Å². The minimum atomic E-state index is -0.652. The molecule has 3 aliphatic carbocycles. The van der Waals surface area contributed by atoms with Gasteiger partial charge in [-0.25, -0.2) is 4.98 Å². The fraction of sp³-hybridized carbons (Fsp3) is 0.619. The number of rotatable bonds is 8. The zero-order valence-corrected chi connectivity index (χ0v) is 16.4. The van der Waals surface area contributed by atoms with Gasteiger partial charge in [0, 0.05) is 12.5 Å². The van der Waals surface area contributed by atoms with Crippen LogP contribution in [0.5, 0.6) is 5.88 Å². The minimum Gasteiger partial charge on any atom is -0.477 e. The molecule has 5 rings (SSSR count). The van der Waals surface area contributed by atoms with E-state index in [0.717, 1.165) is 18.4 Å². The second-order valence-corrected chi connectivity index (χ2v) is 8.69. The number of aromatic nitrogens is 3. The summed E-state index contributed by atoms with van der Waals surface area (Å²) in [4.78, 5) is 22.0. The number of nitrogens with zero attached hydrogens (tertiary/aromatic N) is 3. The summed E-state index contributed by atoms with van der Waals surface area (Å²) >= 11 is 0. The van der Waals surface area contributed by atoms with Crippen LogP contribution in [0.4, 0.5) is 0 Å². The quantitative estimate of drug-likeness (QED) is 0.751. The Bertz CT molecular complexity index is 899. The van der Waals surface area contributed by atoms with E-state index < -0.39 is 5.54 Å². The molecule has 28 heavy (non-hydrogen) atoms. The largest absolute Gasteiger partial charge is 0.477 e. The smallest absolute Gasteiger partial charge is 0.270 e. The normalized spacial score (nSPS) is 21.2. The van der Waals surface area contributed by atoms with E-state index in [-0.39, 0.29) is 5.91 Å². The van der Waals surface area contributed by atoms with Gasteiger partial charge in [-0.15, -0.1) is 0 Å². The average molecular weight is 382 g/mol. The summed E-state index contributed by atoms with van der Waals surface area (Å²) in [5.41, 5.74) is 0.860. The number of hydrogen-bond donors (Lipinski definition) is 1. The van der Waals surface area contributed by atoms with Crippen LogP contribution in [0, 0.1) is 18.8 Å². The van der Waals surface area contributed by atoms with Gasteiger partial charge in [0.25, 0.3) is 5.91 Å². The lowest BCUT2D eigenvalue weighted by Gasteiger charge is -2.27. The van der Waals surface area contributed by atoms with E-state index in [1.165, 1.54) is 25.7 Å². The van der Waals surface area contributed by atoms with Crippen molar-refractivity contribution in [2.45, 2.75) is 63.8 Å². The van der Waals surface area contributed by atoms with Crippen molar-refractivity contribution in [1.29, 1.82) is 0 Å². The number of aryl methyl sites for hydroxylation is 1. The van der Waals surface area contributed by atoms with Crippen LogP contribution in [0.3, 0.4) is 0 Å². The van der Waals surface area contributed by atoms with Crippen molar-refractivity contribution in [3.05, 3.63) is 35.1 Å². The van der Waals surface area contributed by atoms with Crippen LogP contribution in [-0.2, 0) is 5.54 Å². The maximum atomic E-state index is 13.1. The SMILES string of the molecule is Cc1nc([C@@](C)(NC(=O)c2ccc(C3CC3)c(OCC3CC3)n2)C2CC2)no1. The molecular formula is C21H26N4O3. The predicted octanol–water partition coefficient (Wildman–Crippen LogP) is 3.49. The molecule has 1 amide bonds. The van der Waals surface area contributed by atoms with Gasteiger partial charge in [0.1, 0.15) is 11.2 Å². The fourth-order valence-electron chi connectivity index (χ4n) is 3.69. The highest BCUT2D eigenvalue weighted by Gasteiger charge is 2.47. The molecule has 0 spiro atoms. The Morgan fingerprint density at radius 3 is 2.61 bits per heavy atom. The second kappa shape index (κ2) is 6.57. The summed E-state index contributed by atoms with van der Waals surface area (Å²) in [6.07, 6.45) is 6.86. The van der Waals surface area contributed by atoms with E-state index in [9.17, 15) is 4.79 Å². The van der Waals surface area contributed by atoms with Gasteiger partial charge in [0.2, 0.25) is 11.8 Å². The molecule has 1 atom stereocenters. The molecule has 2 heterocycles. The van der Waals surface area contributed by atoms with Crippen LogP contribution in [0.2, 0.25) is 0 Å². The van der Waals surface area contributed by atoms with Gasteiger partial charge in [-0.2, -0.15) is 4.98 Å². The first-order chi connectivity index (χ1) is 13.5. The van der Waals surface area contributed by atoms with E-state index in [1.807, 2.05) is 19.1 Å². The third-order valence-electron chi connectivity index (χ3n) is 6.05. The zero-order chi connectivity index (χ0) is 19.3.